The first-order valence-corrected chi connectivity index (χ1v) is 9.56. The molecule has 2 aromatic rings. The Morgan fingerprint density at radius 1 is 1.27 bits per heavy atom. The number of aryl methyl sites for hydroxylation is 1. The first-order chi connectivity index (χ1) is 12.6. The average molecular weight is 352 g/mol. The van der Waals surface area contributed by atoms with Crippen molar-refractivity contribution in [2.75, 3.05) is 11.9 Å². The lowest BCUT2D eigenvalue weighted by Gasteiger charge is -2.35. The van der Waals surface area contributed by atoms with Crippen LogP contribution in [-0.4, -0.2) is 33.4 Å². The lowest BCUT2D eigenvalue weighted by Crippen LogP contribution is -2.43. The third-order valence-electron chi connectivity index (χ3n) is 5.08. The fourth-order valence-electron chi connectivity index (χ4n) is 3.64. The van der Waals surface area contributed by atoms with E-state index in [2.05, 4.69) is 41.3 Å². The number of rotatable bonds is 5. The van der Waals surface area contributed by atoms with E-state index in [4.69, 9.17) is 0 Å². The van der Waals surface area contributed by atoms with Crippen molar-refractivity contribution >= 4 is 11.7 Å². The highest BCUT2D eigenvalue weighted by molar-refractivity contribution is 5.93. The molecule has 138 valence electrons. The predicted molar refractivity (Wildman–Crippen MR) is 104 cm³/mol. The van der Waals surface area contributed by atoms with E-state index in [1.165, 1.54) is 12.0 Å². The maximum atomic E-state index is 13.0. The van der Waals surface area contributed by atoms with Crippen LogP contribution in [0, 0.1) is 6.92 Å². The number of aromatic nitrogens is 2. The second-order valence-electron chi connectivity index (χ2n) is 7.02. The Balaban J connectivity index is 1.80. The quantitative estimate of drug-likeness (QED) is 0.868. The number of nitrogens with one attached hydrogen (secondary N) is 1. The van der Waals surface area contributed by atoms with Crippen molar-refractivity contribution in [1.82, 2.24) is 14.9 Å². The molecular weight excluding hydrogens is 324 g/mol. The van der Waals surface area contributed by atoms with Gasteiger partial charge in [-0.15, -0.1) is 0 Å². The third kappa shape index (κ3) is 4.21. The zero-order chi connectivity index (χ0) is 18.5. The van der Waals surface area contributed by atoms with Gasteiger partial charge in [0.2, 0.25) is 0 Å². The summed E-state index contributed by atoms with van der Waals surface area (Å²) in [6.45, 7) is 6.90. The summed E-state index contributed by atoms with van der Waals surface area (Å²) in [5.74, 6) is 1.34. The van der Waals surface area contributed by atoms with Gasteiger partial charge in [0.15, 0.2) is 0 Å². The summed E-state index contributed by atoms with van der Waals surface area (Å²) in [6.07, 6.45) is 4.35. The predicted octanol–water partition coefficient (Wildman–Crippen LogP) is 4.36. The Hall–Kier alpha value is -2.43. The van der Waals surface area contributed by atoms with Gasteiger partial charge in [0.1, 0.15) is 17.3 Å². The number of amides is 1. The van der Waals surface area contributed by atoms with Crippen LogP contribution in [0.3, 0.4) is 0 Å². The Bertz CT molecular complexity index is 747. The molecule has 0 saturated carbocycles. The molecule has 1 fully saturated rings. The minimum Gasteiger partial charge on any atom is -0.363 e. The molecule has 5 heteroatoms. The topological polar surface area (TPSA) is 58.1 Å². The smallest absolute Gasteiger partial charge is 0.272 e. The zero-order valence-corrected chi connectivity index (χ0v) is 15.9. The number of likely N-dealkylation sites (tertiary alicyclic amines) is 1. The van der Waals surface area contributed by atoms with Crippen LogP contribution in [-0.2, 0) is 0 Å². The normalized spacial score (nSPS) is 18.4. The van der Waals surface area contributed by atoms with Crippen LogP contribution >= 0.6 is 0 Å². The molecule has 1 aromatic carbocycles. The molecule has 2 unspecified atom stereocenters. The molecular formula is C21H28N4O. The number of nitrogens with zero attached hydrogens (tertiary/aromatic N) is 3. The summed E-state index contributed by atoms with van der Waals surface area (Å²) in [7, 11) is 0. The summed E-state index contributed by atoms with van der Waals surface area (Å²) in [4.78, 5) is 23.9. The second kappa shape index (κ2) is 8.30. The van der Waals surface area contributed by atoms with Gasteiger partial charge in [0.05, 0.1) is 0 Å². The van der Waals surface area contributed by atoms with Gasteiger partial charge in [-0.1, -0.05) is 37.3 Å². The largest absolute Gasteiger partial charge is 0.363 e. The number of piperidine rings is 1. The molecule has 26 heavy (non-hydrogen) atoms. The van der Waals surface area contributed by atoms with E-state index in [0.717, 1.165) is 25.8 Å². The Morgan fingerprint density at radius 3 is 2.77 bits per heavy atom. The molecule has 2 heterocycles. The lowest BCUT2D eigenvalue weighted by atomic mass is 9.99. The van der Waals surface area contributed by atoms with Gasteiger partial charge in [-0.3, -0.25) is 4.79 Å². The van der Waals surface area contributed by atoms with Gasteiger partial charge in [-0.05, 0) is 45.1 Å². The van der Waals surface area contributed by atoms with Crippen molar-refractivity contribution in [2.45, 2.75) is 58.5 Å². The third-order valence-corrected chi connectivity index (χ3v) is 5.08. The van der Waals surface area contributed by atoms with Gasteiger partial charge in [-0.25, -0.2) is 9.97 Å². The molecule has 3 rings (SSSR count). The Kier molecular flexibility index (Phi) is 5.86. The fraction of sp³-hybridized carbons (Fsp3) is 0.476. The van der Waals surface area contributed by atoms with Crippen molar-refractivity contribution in [1.29, 1.82) is 0 Å². The molecule has 0 spiro atoms. The van der Waals surface area contributed by atoms with Crippen molar-refractivity contribution < 1.29 is 4.79 Å². The average Bonchev–Trinajstić information content (AvgIpc) is 2.67. The molecule has 0 bridgehead atoms. The van der Waals surface area contributed by atoms with Crippen molar-refractivity contribution in [3.8, 4) is 0 Å². The number of hydrogen-bond donors (Lipinski definition) is 1. The summed E-state index contributed by atoms with van der Waals surface area (Å²) in [5.41, 5.74) is 1.67. The number of anilines is 1. The van der Waals surface area contributed by atoms with Crippen LogP contribution < -0.4 is 5.32 Å². The second-order valence-corrected chi connectivity index (χ2v) is 7.02. The van der Waals surface area contributed by atoms with Crippen LogP contribution in [0.25, 0.3) is 0 Å². The molecule has 1 aliphatic heterocycles. The standard InChI is InChI=1S/C21H28N4O/c1-4-18-12-8-9-13-25(18)21(26)19-14-20(24-16(3)23-19)22-15(2)17-10-6-5-7-11-17/h5-7,10-11,14-15,18H,4,8-9,12-13H2,1-3H3,(H,22,23,24). The van der Waals surface area contributed by atoms with Gasteiger partial charge < -0.3 is 10.2 Å². The van der Waals surface area contributed by atoms with Gasteiger partial charge in [0.25, 0.3) is 5.91 Å². The summed E-state index contributed by atoms with van der Waals surface area (Å²) in [5, 5.41) is 3.40. The molecule has 2 atom stereocenters. The summed E-state index contributed by atoms with van der Waals surface area (Å²) < 4.78 is 0. The van der Waals surface area contributed by atoms with Crippen LogP contribution in [0.1, 0.15) is 67.4 Å². The van der Waals surface area contributed by atoms with Gasteiger partial charge in [-0.2, -0.15) is 0 Å². The van der Waals surface area contributed by atoms with Crippen molar-refractivity contribution in [2.24, 2.45) is 0 Å². The van der Waals surface area contributed by atoms with E-state index in [-0.39, 0.29) is 11.9 Å². The van der Waals surface area contributed by atoms with E-state index in [1.807, 2.05) is 30.0 Å². The highest BCUT2D eigenvalue weighted by Crippen LogP contribution is 2.23. The molecule has 1 N–H and O–H groups in total. The lowest BCUT2D eigenvalue weighted by molar-refractivity contribution is 0.0601. The van der Waals surface area contributed by atoms with E-state index in [9.17, 15) is 4.79 Å². The maximum absolute atomic E-state index is 13.0. The van der Waals surface area contributed by atoms with Gasteiger partial charge in [0, 0.05) is 24.7 Å². The van der Waals surface area contributed by atoms with Crippen LogP contribution in [0.5, 0.6) is 0 Å². The van der Waals surface area contributed by atoms with E-state index >= 15 is 0 Å². The monoisotopic (exact) mass is 352 g/mol. The zero-order valence-electron chi connectivity index (χ0n) is 15.9. The Labute approximate surface area is 155 Å². The summed E-state index contributed by atoms with van der Waals surface area (Å²) in [6, 6.07) is 12.4. The highest BCUT2D eigenvalue weighted by Gasteiger charge is 2.27. The van der Waals surface area contributed by atoms with Crippen LogP contribution in [0.2, 0.25) is 0 Å². The minimum absolute atomic E-state index is 0.0254. The molecule has 0 radical (unpaired) electrons. The molecule has 1 aromatic heterocycles. The Morgan fingerprint density at radius 2 is 2.04 bits per heavy atom. The fourth-order valence-corrected chi connectivity index (χ4v) is 3.64. The number of benzene rings is 1. The molecule has 1 amide bonds. The molecule has 0 aliphatic carbocycles. The van der Waals surface area contributed by atoms with Crippen LogP contribution in [0.4, 0.5) is 5.82 Å². The number of hydrogen-bond acceptors (Lipinski definition) is 4. The first-order valence-electron chi connectivity index (χ1n) is 9.56. The highest BCUT2D eigenvalue weighted by atomic mass is 16.2. The SMILES string of the molecule is CCC1CCCCN1C(=O)c1cc(NC(C)c2ccccc2)nc(C)n1. The first kappa shape index (κ1) is 18.4. The van der Waals surface area contributed by atoms with E-state index in [1.54, 1.807) is 6.07 Å². The van der Waals surface area contributed by atoms with E-state index in [0.29, 0.717) is 23.4 Å². The summed E-state index contributed by atoms with van der Waals surface area (Å²) >= 11 is 0. The van der Waals surface area contributed by atoms with Crippen molar-refractivity contribution in [3.05, 3.63) is 53.5 Å². The van der Waals surface area contributed by atoms with Crippen LogP contribution in [0.15, 0.2) is 36.4 Å². The number of carbonyl (C=O) groups is 1. The maximum Gasteiger partial charge on any atom is 0.272 e. The van der Waals surface area contributed by atoms with Gasteiger partial charge >= 0.3 is 0 Å². The van der Waals surface area contributed by atoms with Crippen molar-refractivity contribution in [3.63, 3.8) is 0 Å². The van der Waals surface area contributed by atoms with E-state index < -0.39 is 0 Å². The molecule has 1 aliphatic rings. The molecule has 1 saturated heterocycles. The molecule has 5 nitrogen and oxygen atoms in total. The minimum atomic E-state index is 0.0254. The number of carbonyl (C=O) groups excluding carboxylic acids is 1.